The summed E-state index contributed by atoms with van der Waals surface area (Å²) in [5, 5.41) is 2.81. The standard InChI is InChI=1S/C21H32N2O5S/c1-6-7-10-28-20(24)17-13-29-19(11-14(2)3)23(17)21(25)22-16-9-8-15(26-4)12-18(16)27-5/h8-9,12,14,17,19H,6-7,10-11,13H2,1-5H3,(H,22,25)/t17-,19+/m0/s1. The summed E-state index contributed by atoms with van der Waals surface area (Å²) in [6.45, 7) is 6.64. The first-order valence-corrected chi connectivity index (χ1v) is 11.1. The van der Waals surface area contributed by atoms with Gasteiger partial charge in [-0.1, -0.05) is 27.2 Å². The van der Waals surface area contributed by atoms with E-state index in [9.17, 15) is 9.59 Å². The van der Waals surface area contributed by atoms with Crippen LogP contribution in [0.15, 0.2) is 18.2 Å². The molecule has 0 aliphatic carbocycles. The highest BCUT2D eigenvalue weighted by atomic mass is 32.2. The Hall–Kier alpha value is -2.09. The molecule has 2 atom stereocenters. The lowest BCUT2D eigenvalue weighted by Gasteiger charge is -2.29. The molecule has 7 nitrogen and oxygen atoms in total. The second-order valence-corrected chi connectivity index (χ2v) is 8.57. The van der Waals surface area contributed by atoms with E-state index >= 15 is 0 Å². The zero-order valence-electron chi connectivity index (χ0n) is 17.9. The Morgan fingerprint density at radius 1 is 1.28 bits per heavy atom. The van der Waals surface area contributed by atoms with Crippen molar-refractivity contribution in [3.8, 4) is 11.5 Å². The maximum atomic E-state index is 13.2. The maximum Gasteiger partial charge on any atom is 0.329 e. The molecule has 1 saturated heterocycles. The van der Waals surface area contributed by atoms with Crippen LogP contribution < -0.4 is 14.8 Å². The number of urea groups is 1. The van der Waals surface area contributed by atoms with Crippen LogP contribution in [-0.2, 0) is 9.53 Å². The van der Waals surface area contributed by atoms with Crippen LogP contribution in [0.2, 0.25) is 0 Å². The molecule has 1 aliphatic rings. The number of benzene rings is 1. The number of ether oxygens (including phenoxy) is 3. The minimum atomic E-state index is -0.593. The number of carbonyl (C=O) groups excluding carboxylic acids is 2. The van der Waals surface area contributed by atoms with Crippen molar-refractivity contribution in [3.05, 3.63) is 18.2 Å². The monoisotopic (exact) mass is 424 g/mol. The number of esters is 1. The van der Waals surface area contributed by atoms with Crippen LogP contribution in [0.4, 0.5) is 10.5 Å². The van der Waals surface area contributed by atoms with Gasteiger partial charge in [0.2, 0.25) is 0 Å². The van der Waals surface area contributed by atoms with Crippen molar-refractivity contribution < 1.29 is 23.8 Å². The fraction of sp³-hybridized carbons (Fsp3) is 0.619. The molecule has 1 N–H and O–H groups in total. The van der Waals surface area contributed by atoms with E-state index in [1.54, 1.807) is 42.0 Å². The van der Waals surface area contributed by atoms with Gasteiger partial charge >= 0.3 is 12.0 Å². The topological polar surface area (TPSA) is 77.1 Å². The summed E-state index contributed by atoms with van der Waals surface area (Å²) < 4.78 is 16.0. The van der Waals surface area contributed by atoms with Crippen LogP contribution in [0.1, 0.15) is 40.0 Å². The molecule has 0 radical (unpaired) electrons. The van der Waals surface area contributed by atoms with Gasteiger partial charge in [0.25, 0.3) is 0 Å². The van der Waals surface area contributed by atoms with Gasteiger partial charge < -0.3 is 19.5 Å². The van der Waals surface area contributed by atoms with Gasteiger partial charge in [0.05, 0.1) is 31.9 Å². The van der Waals surface area contributed by atoms with E-state index in [1.807, 2.05) is 6.92 Å². The molecule has 1 aliphatic heterocycles. The van der Waals surface area contributed by atoms with Crippen molar-refractivity contribution in [2.75, 3.05) is 31.9 Å². The third kappa shape index (κ3) is 6.19. The summed E-state index contributed by atoms with van der Waals surface area (Å²) in [5.41, 5.74) is 0.525. The minimum absolute atomic E-state index is 0.0806. The fourth-order valence-electron chi connectivity index (χ4n) is 3.10. The maximum absolute atomic E-state index is 13.2. The number of hydrogen-bond acceptors (Lipinski definition) is 6. The van der Waals surface area contributed by atoms with Crippen molar-refractivity contribution in [3.63, 3.8) is 0 Å². The first-order chi connectivity index (χ1) is 13.9. The Morgan fingerprint density at radius 3 is 2.66 bits per heavy atom. The van der Waals surface area contributed by atoms with Crippen LogP contribution in [0.25, 0.3) is 0 Å². The molecule has 0 bridgehead atoms. The Morgan fingerprint density at radius 2 is 2.03 bits per heavy atom. The van der Waals surface area contributed by atoms with Gasteiger partial charge in [0.1, 0.15) is 17.5 Å². The molecular weight excluding hydrogens is 392 g/mol. The molecule has 1 fully saturated rings. The summed E-state index contributed by atoms with van der Waals surface area (Å²) in [5.74, 6) is 1.72. The lowest BCUT2D eigenvalue weighted by Crippen LogP contribution is -2.48. The summed E-state index contributed by atoms with van der Waals surface area (Å²) in [4.78, 5) is 27.4. The van der Waals surface area contributed by atoms with E-state index in [4.69, 9.17) is 14.2 Å². The summed E-state index contributed by atoms with van der Waals surface area (Å²) >= 11 is 1.62. The van der Waals surface area contributed by atoms with Crippen molar-refractivity contribution >= 4 is 29.4 Å². The van der Waals surface area contributed by atoms with E-state index in [1.165, 1.54) is 7.11 Å². The number of unbranched alkanes of at least 4 members (excludes halogenated alkanes) is 1. The number of carbonyl (C=O) groups is 2. The molecule has 0 saturated carbocycles. The van der Waals surface area contributed by atoms with Crippen molar-refractivity contribution in [1.29, 1.82) is 0 Å². The predicted molar refractivity (Wildman–Crippen MR) is 116 cm³/mol. The van der Waals surface area contributed by atoms with Crippen LogP contribution in [0, 0.1) is 5.92 Å². The zero-order chi connectivity index (χ0) is 21.4. The molecule has 1 aromatic carbocycles. The van der Waals surface area contributed by atoms with E-state index in [2.05, 4.69) is 19.2 Å². The third-order valence-corrected chi connectivity index (χ3v) is 5.98. The Labute approximate surface area is 177 Å². The molecule has 0 unspecified atom stereocenters. The Balaban J connectivity index is 2.19. The third-order valence-electron chi connectivity index (χ3n) is 4.66. The van der Waals surface area contributed by atoms with Gasteiger partial charge in [-0.05, 0) is 30.9 Å². The van der Waals surface area contributed by atoms with Gasteiger partial charge in [-0.3, -0.25) is 4.90 Å². The highest BCUT2D eigenvalue weighted by Gasteiger charge is 2.42. The van der Waals surface area contributed by atoms with E-state index < -0.39 is 6.04 Å². The van der Waals surface area contributed by atoms with Crippen LogP contribution in [0.5, 0.6) is 11.5 Å². The Bertz CT molecular complexity index is 698. The number of rotatable bonds is 9. The second kappa shape index (κ2) is 11.2. The molecule has 29 heavy (non-hydrogen) atoms. The molecule has 8 heteroatoms. The Kier molecular flexibility index (Phi) is 8.95. The molecule has 2 amide bonds. The van der Waals surface area contributed by atoms with Crippen molar-refractivity contribution in [1.82, 2.24) is 4.90 Å². The summed E-state index contributed by atoms with van der Waals surface area (Å²) in [6.07, 6.45) is 2.57. The molecular formula is C21H32N2O5S. The quantitative estimate of drug-likeness (QED) is 0.469. The van der Waals surface area contributed by atoms with Crippen molar-refractivity contribution in [2.45, 2.75) is 51.4 Å². The van der Waals surface area contributed by atoms with Crippen LogP contribution in [-0.4, -0.2) is 54.9 Å². The molecule has 0 spiro atoms. The van der Waals surface area contributed by atoms with Gasteiger partial charge in [-0.25, -0.2) is 9.59 Å². The molecule has 0 aromatic heterocycles. The number of amides is 2. The van der Waals surface area contributed by atoms with Crippen molar-refractivity contribution in [2.24, 2.45) is 5.92 Å². The first-order valence-electron chi connectivity index (χ1n) is 10.0. The van der Waals surface area contributed by atoms with Gasteiger partial charge in [0, 0.05) is 11.8 Å². The summed E-state index contributed by atoms with van der Waals surface area (Å²) in [7, 11) is 3.10. The smallest absolute Gasteiger partial charge is 0.329 e. The number of anilines is 1. The number of methoxy groups -OCH3 is 2. The first kappa shape index (κ1) is 23.2. The molecule has 2 rings (SSSR count). The van der Waals surface area contributed by atoms with Gasteiger partial charge in [0.15, 0.2) is 0 Å². The lowest BCUT2D eigenvalue weighted by atomic mass is 10.1. The zero-order valence-corrected chi connectivity index (χ0v) is 18.7. The second-order valence-electron chi connectivity index (χ2n) is 7.36. The molecule has 162 valence electrons. The highest BCUT2D eigenvalue weighted by Crippen LogP contribution is 2.36. The van der Waals surface area contributed by atoms with Gasteiger partial charge in [-0.15, -0.1) is 11.8 Å². The highest BCUT2D eigenvalue weighted by molar-refractivity contribution is 8.00. The normalized spacial score (nSPS) is 18.6. The molecule has 1 aromatic rings. The SMILES string of the molecule is CCCCOC(=O)[C@@H]1CS[C@H](CC(C)C)N1C(=O)Nc1ccc(OC)cc1OC. The molecule has 1 heterocycles. The largest absolute Gasteiger partial charge is 0.497 e. The summed E-state index contributed by atoms with van der Waals surface area (Å²) in [6, 6.07) is 4.26. The fourth-order valence-corrected chi connectivity index (χ4v) is 4.72. The van der Waals surface area contributed by atoms with E-state index in [0.29, 0.717) is 35.5 Å². The number of nitrogens with zero attached hydrogens (tertiary/aromatic N) is 1. The van der Waals surface area contributed by atoms with E-state index in [-0.39, 0.29) is 17.4 Å². The predicted octanol–water partition coefficient (Wildman–Crippen LogP) is 4.37. The number of nitrogens with one attached hydrogen (secondary N) is 1. The average Bonchev–Trinajstić information content (AvgIpc) is 3.11. The van der Waals surface area contributed by atoms with Gasteiger partial charge in [-0.2, -0.15) is 0 Å². The number of hydrogen-bond donors (Lipinski definition) is 1. The average molecular weight is 425 g/mol. The van der Waals surface area contributed by atoms with Crippen LogP contribution >= 0.6 is 11.8 Å². The van der Waals surface area contributed by atoms with Crippen LogP contribution in [0.3, 0.4) is 0 Å². The van der Waals surface area contributed by atoms with E-state index in [0.717, 1.165) is 19.3 Å². The lowest BCUT2D eigenvalue weighted by molar-refractivity contribution is -0.148. The minimum Gasteiger partial charge on any atom is -0.497 e. The number of thioether (sulfide) groups is 1.